The monoisotopic (exact) mass is 394 g/mol. The smallest absolute Gasteiger partial charge is 0.269 e. The molecule has 1 atom stereocenters. The Balaban J connectivity index is 1.31. The van der Waals surface area contributed by atoms with Crippen molar-refractivity contribution >= 4 is 16.7 Å². The summed E-state index contributed by atoms with van der Waals surface area (Å²) in [5.74, 6) is 0. The van der Waals surface area contributed by atoms with Crippen molar-refractivity contribution in [1.82, 2.24) is 14.7 Å². The Morgan fingerprint density at radius 3 is 2.86 bits per heavy atom. The lowest BCUT2D eigenvalue weighted by atomic mass is 10.0. The average molecular weight is 394 g/mol. The van der Waals surface area contributed by atoms with E-state index >= 15 is 0 Å². The van der Waals surface area contributed by atoms with Crippen LogP contribution in [0.25, 0.3) is 11.0 Å². The van der Waals surface area contributed by atoms with Gasteiger partial charge >= 0.3 is 0 Å². The molecule has 0 bridgehead atoms. The van der Waals surface area contributed by atoms with Gasteiger partial charge < -0.3 is 14.1 Å². The molecule has 0 spiro atoms. The van der Waals surface area contributed by atoms with Crippen LogP contribution in [0.1, 0.15) is 24.4 Å². The number of anilines is 1. The van der Waals surface area contributed by atoms with Crippen LogP contribution in [0.5, 0.6) is 0 Å². The number of benzene rings is 1. The number of piperidine rings is 1. The Hall–Kier alpha value is -2.64. The lowest BCUT2D eigenvalue weighted by Gasteiger charge is -2.33. The number of likely N-dealkylation sites (tertiary alicyclic amines) is 1. The third-order valence-electron chi connectivity index (χ3n) is 5.97. The zero-order chi connectivity index (χ0) is 19.6. The Morgan fingerprint density at radius 1 is 1.14 bits per heavy atom. The predicted octanol–water partition coefficient (Wildman–Crippen LogP) is 2.66. The van der Waals surface area contributed by atoms with Crippen LogP contribution in [0.3, 0.4) is 0 Å². The Bertz CT molecular complexity index is 1040. The van der Waals surface area contributed by atoms with Crippen molar-refractivity contribution in [1.29, 1.82) is 0 Å². The highest BCUT2D eigenvalue weighted by Crippen LogP contribution is 2.26. The van der Waals surface area contributed by atoms with E-state index in [1.807, 2.05) is 30.7 Å². The number of aromatic nitrogens is 2. The summed E-state index contributed by atoms with van der Waals surface area (Å²) >= 11 is 0. The van der Waals surface area contributed by atoms with E-state index in [0.717, 1.165) is 56.8 Å². The van der Waals surface area contributed by atoms with Crippen LogP contribution in [-0.4, -0.2) is 54.1 Å². The topological polar surface area (TPSA) is 63.7 Å². The van der Waals surface area contributed by atoms with Gasteiger partial charge in [0.05, 0.1) is 37.4 Å². The molecule has 29 heavy (non-hydrogen) atoms. The number of hydrogen-bond acceptors (Lipinski definition) is 6. The molecule has 2 aromatic heterocycles. The maximum absolute atomic E-state index is 12.8. The fourth-order valence-corrected chi connectivity index (χ4v) is 4.45. The van der Waals surface area contributed by atoms with Crippen LogP contribution in [0.15, 0.2) is 52.0 Å². The zero-order valence-corrected chi connectivity index (χ0v) is 16.5. The van der Waals surface area contributed by atoms with Gasteiger partial charge in [-0.1, -0.05) is 18.2 Å². The lowest BCUT2D eigenvalue weighted by molar-refractivity contribution is 0.122. The average Bonchev–Trinajstić information content (AvgIpc) is 3.17. The molecule has 1 unspecified atom stereocenters. The molecule has 3 aromatic rings. The quantitative estimate of drug-likeness (QED) is 0.678. The molecule has 7 heteroatoms. The minimum atomic E-state index is -0.0189. The number of furan rings is 1. The molecule has 0 saturated carbocycles. The summed E-state index contributed by atoms with van der Waals surface area (Å²) in [6.45, 7) is 5.68. The van der Waals surface area contributed by atoms with Gasteiger partial charge in [-0.15, -0.1) is 0 Å². The molecule has 0 amide bonds. The summed E-state index contributed by atoms with van der Waals surface area (Å²) in [5, 5.41) is 5.70. The van der Waals surface area contributed by atoms with Crippen molar-refractivity contribution in [3.63, 3.8) is 0 Å². The van der Waals surface area contributed by atoms with E-state index in [0.29, 0.717) is 13.2 Å². The van der Waals surface area contributed by atoms with Gasteiger partial charge in [0.2, 0.25) is 0 Å². The SMILES string of the molecule is O=c1cc(N2CCOCC2)cnn1C1CCCN(Cc2coc3ccccc23)C1. The summed E-state index contributed by atoms with van der Waals surface area (Å²) in [5.41, 5.74) is 3.00. The molecule has 2 fully saturated rings. The van der Waals surface area contributed by atoms with E-state index in [4.69, 9.17) is 9.15 Å². The van der Waals surface area contributed by atoms with Crippen LogP contribution >= 0.6 is 0 Å². The normalized spacial score (nSPS) is 21.0. The summed E-state index contributed by atoms with van der Waals surface area (Å²) in [7, 11) is 0. The third kappa shape index (κ3) is 3.80. The van der Waals surface area contributed by atoms with Crippen molar-refractivity contribution < 1.29 is 9.15 Å². The van der Waals surface area contributed by atoms with Crippen molar-refractivity contribution in [2.75, 3.05) is 44.3 Å². The number of rotatable bonds is 4. The fourth-order valence-electron chi connectivity index (χ4n) is 4.45. The third-order valence-corrected chi connectivity index (χ3v) is 5.97. The Labute approximate surface area is 169 Å². The van der Waals surface area contributed by atoms with E-state index in [-0.39, 0.29) is 11.6 Å². The number of morpholine rings is 1. The van der Waals surface area contributed by atoms with Crippen molar-refractivity contribution in [2.45, 2.75) is 25.4 Å². The molecule has 5 rings (SSSR count). The maximum Gasteiger partial charge on any atom is 0.269 e. The van der Waals surface area contributed by atoms with Gasteiger partial charge in [0.15, 0.2) is 0 Å². The number of nitrogens with zero attached hydrogens (tertiary/aromatic N) is 4. The molecule has 2 saturated heterocycles. The van der Waals surface area contributed by atoms with Crippen molar-refractivity contribution in [3.8, 4) is 0 Å². The molecule has 0 aliphatic carbocycles. The zero-order valence-electron chi connectivity index (χ0n) is 16.5. The van der Waals surface area contributed by atoms with Gasteiger partial charge in [0.25, 0.3) is 5.56 Å². The second kappa shape index (κ2) is 8.00. The van der Waals surface area contributed by atoms with E-state index in [1.54, 1.807) is 10.7 Å². The molecule has 152 valence electrons. The van der Waals surface area contributed by atoms with Crippen LogP contribution < -0.4 is 10.5 Å². The number of hydrogen-bond donors (Lipinski definition) is 0. The molecule has 2 aliphatic rings. The van der Waals surface area contributed by atoms with Gasteiger partial charge in [-0.25, -0.2) is 4.68 Å². The summed E-state index contributed by atoms with van der Waals surface area (Å²) in [6.07, 6.45) is 5.72. The standard InChI is InChI=1S/C22H26N4O3/c27-22-12-19(25-8-10-28-11-9-25)13-23-26(22)18-4-3-7-24(15-18)14-17-16-29-21-6-2-1-5-20(17)21/h1-2,5-6,12-13,16,18H,3-4,7-11,14-15H2. The number of fused-ring (bicyclic) bond motifs is 1. The van der Waals surface area contributed by atoms with Gasteiger partial charge in [0, 0.05) is 43.2 Å². The molecule has 0 radical (unpaired) electrons. The molecule has 1 aromatic carbocycles. The fraction of sp³-hybridized carbons (Fsp3) is 0.455. The number of ether oxygens (including phenoxy) is 1. The van der Waals surface area contributed by atoms with Gasteiger partial charge in [-0.2, -0.15) is 5.10 Å². The molecular weight excluding hydrogens is 368 g/mol. The van der Waals surface area contributed by atoms with Crippen molar-refractivity contribution in [2.24, 2.45) is 0 Å². The minimum absolute atomic E-state index is 0.0189. The van der Waals surface area contributed by atoms with E-state index in [1.165, 1.54) is 10.9 Å². The van der Waals surface area contributed by atoms with Gasteiger partial charge in [0.1, 0.15) is 5.58 Å². The summed E-state index contributed by atoms with van der Waals surface area (Å²) in [4.78, 5) is 17.4. The summed E-state index contributed by atoms with van der Waals surface area (Å²) in [6, 6.07) is 9.96. The van der Waals surface area contributed by atoms with Crippen LogP contribution in [0.2, 0.25) is 0 Å². The second-order valence-electron chi connectivity index (χ2n) is 7.88. The van der Waals surface area contributed by atoms with Crippen LogP contribution in [-0.2, 0) is 11.3 Å². The Kier molecular flexibility index (Phi) is 5.08. The summed E-state index contributed by atoms with van der Waals surface area (Å²) < 4.78 is 12.7. The molecule has 4 heterocycles. The maximum atomic E-state index is 12.8. The first-order valence-corrected chi connectivity index (χ1v) is 10.4. The highest BCUT2D eigenvalue weighted by molar-refractivity contribution is 5.80. The molecule has 7 nitrogen and oxygen atoms in total. The second-order valence-corrected chi connectivity index (χ2v) is 7.88. The van der Waals surface area contributed by atoms with Crippen LogP contribution in [0.4, 0.5) is 5.69 Å². The first-order chi connectivity index (χ1) is 14.3. The number of para-hydroxylation sites is 1. The molecular formula is C22H26N4O3. The molecule has 0 N–H and O–H groups in total. The van der Waals surface area contributed by atoms with Crippen LogP contribution in [0, 0.1) is 0 Å². The molecule has 2 aliphatic heterocycles. The van der Waals surface area contributed by atoms with Crippen molar-refractivity contribution in [3.05, 3.63) is 58.7 Å². The van der Waals surface area contributed by atoms with E-state index < -0.39 is 0 Å². The first-order valence-electron chi connectivity index (χ1n) is 10.4. The lowest BCUT2D eigenvalue weighted by Crippen LogP contribution is -2.41. The minimum Gasteiger partial charge on any atom is -0.464 e. The van der Waals surface area contributed by atoms with E-state index in [9.17, 15) is 4.79 Å². The Morgan fingerprint density at radius 2 is 2.00 bits per heavy atom. The van der Waals surface area contributed by atoms with Gasteiger partial charge in [-0.05, 0) is 25.5 Å². The predicted molar refractivity (Wildman–Crippen MR) is 111 cm³/mol. The van der Waals surface area contributed by atoms with E-state index in [2.05, 4.69) is 21.0 Å². The highest BCUT2D eigenvalue weighted by Gasteiger charge is 2.24. The van der Waals surface area contributed by atoms with Gasteiger partial charge in [-0.3, -0.25) is 9.69 Å². The first kappa shape index (κ1) is 18.4. The highest BCUT2D eigenvalue weighted by atomic mass is 16.5. The largest absolute Gasteiger partial charge is 0.464 e.